The predicted octanol–water partition coefficient (Wildman–Crippen LogP) is 4.21. The molecule has 2 amide bonds. The van der Waals surface area contributed by atoms with Crippen molar-refractivity contribution < 1.29 is 19.2 Å². The lowest BCUT2D eigenvalue weighted by atomic mass is 9.84. The minimum atomic E-state index is -2.03. The van der Waals surface area contributed by atoms with Crippen molar-refractivity contribution in [3.05, 3.63) is 46.0 Å². The van der Waals surface area contributed by atoms with Gasteiger partial charge < -0.3 is 4.84 Å². The van der Waals surface area contributed by atoms with Gasteiger partial charge in [-0.15, -0.1) is 28.3 Å². The number of fused-ring (bicyclic) bond motifs is 5. The summed E-state index contributed by atoms with van der Waals surface area (Å²) in [6, 6.07) is 7.80. The van der Waals surface area contributed by atoms with E-state index in [0.717, 1.165) is 0 Å². The van der Waals surface area contributed by atoms with Crippen LogP contribution in [-0.2, 0) is 14.4 Å². The van der Waals surface area contributed by atoms with Crippen molar-refractivity contribution in [2.45, 2.75) is 14.1 Å². The molecule has 0 aromatic heterocycles. The third kappa shape index (κ3) is 2.08. The van der Waals surface area contributed by atoms with Crippen molar-refractivity contribution in [3.8, 4) is 0 Å². The minimum absolute atomic E-state index is 0.137. The van der Waals surface area contributed by atoms with Crippen LogP contribution in [0.15, 0.2) is 40.4 Å². The zero-order valence-corrected chi connectivity index (χ0v) is 17.4. The zero-order chi connectivity index (χ0) is 19.9. The van der Waals surface area contributed by atoms with Gasteiger partial charge in [-0.1, -0.05) is 64.6 Å². The first-order valence-electron chi connectivity index (χ1n) is 7.48. The smallest absolute Gasteiger partial charge is 0.325 e. The van der Waals surface area contributed by atoms with E-state index in [1.165, 1.54) is 12.1 Å². The lowest BCUT2D eigenvalue weighted by molar-refractivity contribution is -0.175. The van der Waals surface area contributed by atoms with Gasteiger partial charge in [0, 0.05) is 0 Å². The average molecular weight is 490 g/mol. The van der Waals surface area contributed by atoms with Crippen LogP contribution in [0.2, 0.25) is 0 Å². The second-order valence-corrected chi connectivity index (χ2v) is 9.57. The van der Waals surface area contributed by atoms with Crippen LogP contribution in [0.1, 0.15) is 10.4 Å². The number of benzene rings is 1. The van der Waals surface area contributed by atoms with Gasteiger partial charge in [0.15, 0.2) is 4.33 Å². The van der Waals surface area contributed by atoms with E-state index in [-0.39, 0.29) is 15.6 Å². The van der Waals surface area contributed by atoms with Gasteiger partial charge in [0.25, 0.3) is 11.8 Å². The molecule has 1 heterocycles. The van der Waals surface area contributed by atoms with E-state index in [9.17, 15) is 14.4 Å². The van der Waals surface area contributed by atoms with E-state index in [1.807, 2.05) is 0 Å². The summed E-state index contributed by atoms with van der Waals surface area (Å²) < 4.78 is -2.03. The highest BCUT2D eigenvalue weighted by atomic mass is 35.5. The Balaban J connectivity index is 1.74. The molecule has 4 atom stereocenters. The topological polar surface area (TPSA) is 63.7 Å². The first kappa shape index (κ1) is 19.6. The normalized spacial score (nSPS) is 36.4. The van der Waals surface area contributed by atoms with Gasteiger partial charge in [-0.25, -0.2) is 4.79 Å². The van der Waals surface area contributed by atoms with Gasteiger partial charge in [-0.2, -0.15) is 0 Å². The molecule has 0 radical (unpaired) electrons. The number of amides is 2. The Morgan fingerprint density at radius 1 is 0.889 bits per heavy atom. The first-order valence-corrected chi connectivity index (χ1v) is 9.75. The molecule has 0 unspecified atom stereocenters. The van der Waals surface area contributed by atoms with Crippen molar-refractivity contribution >= 4 is 87.4 Å². The minimum Gasteiger partial charge on any atom is -0.325 e. The number of hydroxylamine groups is 2. The summed E-state index contributed by atoms with van der Waals surface area (Å²) in [5.74, 6) is -5.47. The molecular weight excluding hydrogens is 483 g/mol. The molecule has 2 fully saturated rings. The second-order valence-electron chi connectivity index (χ2n) is 6.30. The van der Waals surface area contributed by atoms with Crippen molar-refractivity contribution in [2.75, 3.05) is 0 Å². The molecule has 5 nitrogen and oxygen atoms in total. The lowest BCUT2D eigenvalue weighted by Gasteiger charge is -2.34. The number of allylic oxidation sites excluding steroid dienone is 2. The fraction of sp³-hybridized carbons (Fsp3) is 0.312. The number of halogens is 6. The lowest BCUT2D eigenvalue weighted by Crippen LogP contribution is -2.50. The summed E-state index contributed by atoms with van der Waals surface area (Å²) in [5, 5.41) is -0.115. The van der Waals surface area contributed by atoms with Crippen LogP contribution in [0.5, 0.6) is 0 Å². The summed E-state index contributed by atoms with van der Waals surface area (Å²) in [5.41, 5.74) is 0.137. The van der Waals surface area contributed by atoms with E-state index in [0.29, 0.717) is 5.06 Å². The standard InChI is InChI=1S/C16H7Cl6NO4/c17-9-10(18)15(20)8-7(14(9,19)16(15,21)22)11(24)23(12(8)25)27-13(26)6-4-2-1-3-5-6/h1-5,7-8H/t7-,8-,14-,15-/m1/s1. The molecule has 2 bridgehead atoms. The first-order chi connectivity index (χ1) is 12.5. The SMILES string of the molecule is O=C(ON1C(=O)[C@H]2[C@H](C1=O)[C@@]1(Cl)C(Cl)=C(Cl)[C@@]2(Cl)C1(Cl)Cl)c1ccccc1. The number of alkyl halides is 4. The highest BCUT2D eigenvalue weighted by Crippen LogP contribution is 2.77. The van der Waals surface area contributed by atoms with E-state index < -0.39 is 43.7 Å². The number of carbonyl (C=O) groups is 3. The van der Waals surface area contributed by atoms with Crippen LogP contribution < -0.4 is 0 Å². The van der Waals surface area contributed by atoms with E-state index in [2.05, 4.69) is 0 Å². The molecular formula is C16H7Cl6NO4. The third-order valence-electron chi connectivity index (χ3n) is 5.05. The Bertz CT molecular complexity index is 888. The number of nitrogens with zero attached hydrogens (tertiary/aromatic N) is 1. The highest BCUT2D eigenvalue weighted by Gasteiger charge is 2.88. The molecule has 11 heteroatoms. The predicted molar refractivity (Wildman–Crippen MR) is 101 cm³/mol. The van der Waals surface area contributed by atoms with Gasteiger partial charge in [0.05, 0.1) is 27.5 Å². The molecule has 1 aromatic rings. The van der Waals surface area contributed by atoms with Crippen molar-refractivity contribution in [3.63, 3.8) is 0 Å². The van der Waals surface area contributed by atoms with Crippen molar-refractivity contribution in [1.82, 2.24) is 5.06 Å². The summed E-state index contributed by atoms with van der Waals surface area (Å²) in [6.45, 7) is 0. The fourth-order valence-electron chi connectivity index (χ4n) is 3.77. The molecule has 27 heavy (non-hydrogen) atoms. The Labute approximate surface area is 183 Å². The maximum atomic E-state index is 12.9. The van der Waals surface area contributed by atoms with Crippen molar-refractivity contribution in [2.24, 2.45) is 11.8 Å². The highest BCUT2D eigenvalue weighted by molar-refractivity contribution is 6.66. The largest absolute Gasteiger partial charge is 0.363 e. The number of carbonyl (C=O) groups excluding carboxylic acids is 3. The maximum Gasteiger partial charge on any atom is 0.363 e. The van der Waals surface area contributed by atoms with Gasteiger partial charge >= 0.3 is 5.97 Å². The van der Waals surface area contributed by atoms with Gasteiger partial charge in [0.2, 0.25) is 0 Å². The molecule has 1 aliphatic heterocycles. The number of hydrogen-bond acceptors (Lipinski definition) is 4. The number of imide groups is 1. The van der Waals surface area contributed by atoms with Crippen LogP contribution >= 0.6 is 69.6 Å². The Kier molecular flexibility index (Phi) is 4.29. The molecule has 1 saturated carbocycles. The monoisotopic (exact) mass is 487 g/mol. The third-order valence-corrected chi connectivity index (χ3v) is 9.31. The van der Waals surface area contributed by atoms with Crippen LogP contribution in [0.3, 0.4) is 0 Å². The van der Waals surface area contributed by atoms with Crippen LogP contribution in [0.25, 0.3) is 0 Å². The average Bonchev–Trinajstić information content (AvgIpc) is 3.01. The number of hydrogen-bond donors (Lipinski definition) is 0. The summed E-state index contributed by atoms with van der Waals surface area (Å²) >= 11 is 38.1. The molecule has 3 aliphatic rings. The molecule has 1 saturated heterocycles. The Hall–Kier alpha value is -0.690. The Morgan fingerprint density at radius 2 is 1.33 bits per heavy atom. The van der Waals surface area contributed by atoms with Gasteiger partial charge in [-0.3, -0.25) is 9.59 Å². The second kappa shape index (κ2) is 5.91. The Morgan fingerprint density at radius 3 is 1.78 bits per heavy atom. The van der Waals surface area contributed by atoms with Crippen LogP contribution in [0.4, 0.5) is 0 Å². The van der Waals surface area contributed by atoms with E-state index in [1.54, 1.807) is 18.2 Å². The molecule has 1 aromatic carbocycles. The maximum absolute atomic E-state index is 12.9. The molecule has 2 aliphatic carbocycles. The van der Waals surface area contributed by atoms with Crippen molar-refractivity contribution in [1.29, 1.82) is 0 Å². The summed E-state index contributed by atoms with van der Waals surface area (Å²) in [4.78, 5) is 39.1. The number of rotatable bonds is 2. The molecule has 0 spiro atoms. The molecule has 142 valence electrons. The fourth-order valence-corrected chi connectivity index (χ4v) is 6.70. The quantitative estimate of drug-likeness (QED) is 0.461. The van der Waals surface area contributed by atoms with Gasteiger partial charge in [0.1, 0.15) is 9.75 Å². The van der Waals surface area contributed by atoms with E-state index >= 15 is 0 Å². The molecule has 4 rings (SSSR count). The van der Waals surface area contributed by atoms with E-state index in [4.69, 9.17) is 74.4 Å². The van der Waals surface area contributed by atoms with Gasteiger partial charge in [-0.05, 0) is 12.1 Å². The zero-order valence-electron chi connectivity index (χ0n) is 12.9. The molecule has 0 N–H and O–H groups in total. The van der Waals surface area contributed by atoms with Crippen LogP contribution in [0, 0.1) is 11.8 Å². The summed E-state index contributed by atoms with van der Waals surface area (Å²) in [6.07, 6.45) is 0. The summed E-state index contributed by atoms with van der Waals surface area (Å²) in [7, 11) is 0. The van der Waals surface area contributed by atoms with Crippen LogP contribution in [-0.4, -0.2) is 36.9 Å².